The minimum atomic E-state index is 0.309. The summed E-state index contributed by atoms with van der Waals surface area (Å²) in [4.78, 5) is 0. The van der Waals surface area contributed by atoms with Crippen molar-refractivity contribution in [1.29, 1.82) is 0 Å². The first kappa shape index (κ1) is 49.4. The van der Waals surface area contributed by atoms with Crippen LogP contribution >= 0.6 is 0 Å². The van der Waals surface area contributed by atoms with Crippen molar-refractivity contribution >= 4 is 0 Å². The molecule has 0 aliphatic rings. The van der Waals surface area contributed by atoms with Crippen LogP contribution in [0.15, 0.2) is 261 Å². The molecule has 324 valence electrons. The summed E-state index contributed by atoms with van der Waals surface area (Å²) in [6.07, 6.45) is 2.17. The van der Waals surface area contributed by atoms with E-state index in [0.29, 0.717) is 5.92 Å². The zero-order valence-electron chi connectivity index (χ0n) is 38.7. The van der Waals surface area contributed by atoms with Crippen molar-refractivity contribution in [2.24, 2.45) is 0 Å². The fourth-order valence-corrected chi connectivity index (χ4v) is 6.50. The lowest BCUT2D eigenvalue weighted by atomic mass is 9.85. The largest absolute Gasteiger partial charge is 0.497 e. The maximum Gasteiger partial charge on any atom is 0.118 e. The average molecular weight is 839 g/mol. The maximum absolute atomic E-state index is 4.97. The van der Waals surface area contributed by atoms with Crippen LogP contribution in [0, 0.1) is 27.7 Å². The van der Waals surface area contributed by atoms with Crippen LogP contribution in [-0.4, -0.2) is 7.11 Å². The second-order valence-corrected chi connectivity index (χ2v) is 15.5. The van der Waals surface area contributed by atoms with E-state index in [4.69, 9.17) is 4.74 Å². The van der Waals surface area contributed by atoms with Gasteiger partial charge in [0.1, 0.15) is 5.75 Å². The maximum atomic E-state index is 4.97. The van der Waals surface area contributed by atoms with Gasteiger partial charge in [-0.05, 0) is 86.1 Å². The Bertz CT molecular complexity index is 2300. The average Bonchev–Trinajstić information content (AvgIpc) is 3.36. The van der Waals surface area contributed by atoms with Crippen LogP contribution in [0.25, 0.3) is 0 Å². The molecule has 0 unspecified atom stereocenters. The molecule has 0 spiro atoms. The first-order valence-electron chi connectivity index (χ1n) is 22.3. The van der Waals surface area contributed by atoms with Gasteiger partial charge in [0.2, 0.25) is 0 Å². The molecule has 1 nitrogen and oxygen atoms in total. The van der Waals surface area contributed by atoms with Gasteiger partial charge >= 0.3 is 0 Å². The van der Waals surface area contributed by atoms with E-state index >= 15 is 0 Å². The van der Waals surface area contributed by atoms with Gasteiger partial charge in [-0.1, -0.05) is 278 Å². The van der Waals surface area contributed by atoms with Gasteiger partial charge in [0.25, 0.3) is 0 Å². The van der Waals surface area contributed by atoms with Gasteiger partial charge in [-0.25, -0.2) is 0 Å². The second-order valence-electron chi connectivity index (χ2n) is 15.5. The molecule has 9 rings (SSSR count). The molecule has 1 heteroatoms. The predicted octanol–water partition coefficient (Wildman–Crippen LogP) is 16.7. The first-order chi connectivity index (χ1) is 31.3. The number of benzene rings is 9. The van der Waals surface area contributed by atoms with Crippen LogP contribution in [0.5, 0.6) is 5.75 Å². The number of hydrogen-bond acceptors (Lipinski definition) is 1. The highest BCUT2D eigenvalue weighted by molar-refractivity contribution is 5.42. The Morgan fingerprint density at radius 1 is 0.297 bits per heavy atom. The summed E-state index contributed by atoms with van der Waals surface area (Å²) >= 11 is 0. The van der Waals surface area contributed by atoms with Gasteiger partial charge in [0.05, 0.1) is 7.11 Å². The molecule has 0 aliphatic heterocycles. The standard InChI is InChI=1S/C19H16.C13H12.C8H10O.2C8H10.C7H8/c1-4-10-16(11-5-1)19(17-12-6-2-7-13-17)18-14-8-3-9-15-18;1-3-7-12(8-4-1)11-13-9-5-2-6-10-13;1-7-3-5-8(9-2)6-4-7;1-7-3-5-8(2)6-4-7;1-2-8-6-4-3-5-7-8;1-7-5-3-2-4-6-7/h1-15,19H;1-10H,11H2;3-6H,1-2H3;3-6H,1-2H3;3-7H,2H2,1H3;2-6H,1H3. The van der Waals surface area contributed by atoms with E-state index < -0.39 is 0 Å². The van der Waals surface area contributed by atoms with Crippen LogP contribution < -0.4 is 4.74 Å². The van der Waals surface area contributed by atoms with Crippen LogP contribution in [0.3, 0.4) is 0 Å². The lowest BCUT2D eigenvalue weighted by Crippen LogP contribution is -2.02. The highest BCUT2D eigenvalue weighted by Gasteiger charge is 2.15. The molecule has 64 heavy (non-hydrogen) atoms. The van der Waals surface area contributed by atoms with Crippen LogP contribution in [0.1, 0.15) is 68.5 Å². The quantitative estimate of drug-likeness (QED) is 0.145. The van der Waals surface area contributed by atoms with E-state index in [0.717, 1.165) is 18.6 Å². The van der Waals surface area contributed by atoms with Crippen molar-refractivity contribution in [3.63, 3.8) is 0 Å². The molecule has 0 saturated carbocycles. The summed E-state index contributed by atoms with van der Waals surface area (Å²) in [6, 6.07) is 90.2. The first-order valence-corrected chi connectivity index (χ1v) is 22.3. The molecule has 0 aromatic heterocycles. The molecule has 0 N–H and O–H groups in total. The Balaban J connectivity index is 0.000000176. The van der Waals surface area contributed by atoms with E-state index in [1.807, 2.05) is 48.5 Å². The summed E-state index contributed by atoms with van der Waals surface area (Å²) in [5.74, 6) is 1.23. The minimum Gasteiger partial charge on any atom is -0.497 e. The topological polar surface area (TPSA) is 9.23 Å². The molecule has 0 saturated heterocycles. The van der Waals surface area contributed by atoms with Crippen molar-refractivity contribution < 1.29 is 4.74 Å². The van der Waals surface area contributed by atoms with E-state index in [1.165, 1.54) is 55.6 Å². The third kappa shape index (κ3) is 20.1. The molecule has 0 amide bonds. The molecular weight excluding hydrogens is 773 g/mol. The number of methoxy groups -OCH3 is 1. The number of aryl methyl sites for hydroxylation is 5. The van der Waals surface area contributed by atoms with Crippen molar-refractivity contribution in [3.05, 3.63) is 316 Å². The third-order valence-corrected chi connectivity index (χ3v) is 10.2. The van der Waals surface area contributed by atoms with E-state index in [-0.39, 0.29) is 0 Å². The molecule has 0 bridgehead atoms. The molecule has 0 aliphatic carbocycles. The normalized spacial score (nSPS) is 9.67. The van der Waals surface area contributed by atoms with Crippen LogP contribution in [-0.2, 0) is 12.8 Å². The monoisotopic (exact) mass is 839 g/mol. The molecule has 9 aromatic carbocycles. The fourth-order valence-electron chi connectivity index (χ4n) is 6.50. The molecule has 0 fully saturated rings. The third-order valence-electron chi connectivity index (χ3n) is 10.2. The number of rotatable bonds is 7. The SMILES string of the molecule is CCc1ccccc1.COc1ccc(C)cc1.Cc1ccc(C)cc1.Cc1ccccc1.c1ccc(C(c2ccccc2)c2ccccc2)cc1.c1ccc(Cc2ccccc2)cc1. The molecule has 0 heterocycles. The molecule has 0 radical (unpaired) electrons. The van der Waals surface area contributed by atoms with E-state index in [2.05, 4.69) is 247 Å². The molecular formula is C63H66O. The summed E-state index contributed by atoms with van der Waals surface area (Å²) in [5, 5.41) is 0. The lowest BCUT2D eigenvalue weighted by molar-refractivity contribution is 0.414. The van der Waals surface area contributed by atoms with Crippen LogP contribution in [0.4, 0.5) is 0 Å². The predicted molar refractivity (Wildman–Crippen MR) is 277 cm³/mol. The molecule has 9 aromatic rings. The Hall–Kier alpha value is -7.22. The number of ether oxygens (including phenoxy) is 1. The van der Waals surface area contributed by atoms with Gasteiger partial charge in [-0.2, -0.15) is 0 Å². The Labute approximate surface area is 385 Å². The van der Waals surface area contributed by atoms with Gasteiger partial charge in [0.15, 0.2) is 0 Å². The Kier molecular flexibility index (Phi) is 23.1. The van der Waals surface area contributed by atoms with Crippen molar-refractivity contribution in [3.8, 4) is 5.75 Å². The second kappa shape index (κ2) is 29.9. The fraction of sp³-hybridized carbons (Fsp3) is 0.143. The molecule has 0 atom stereocenters. The van der Waals surface area contributed by atoms with Crippen molar-refractivity contribution in [2.45, 2.75) is 53.4 Å². The summed E-state index contributed by atoms with van der Waals surface area (Å²) in [6.45, 7) is 10.5. The highest BCUT2D eigenvalue weighted by atomic mass is 16.5. The summed E-state index contributed by atoms with van der Waals surface area (Å²) < 4.78 is 4.97. The van der Waals surface area contributed by atoms with Gasteiger partial charge in [0, 0.05) is 5.92 Å². The van der Waals surface area contributed by atoms with Gasteiger partial charge in [-0.3, -0.25) is 0 Å². The van der Waals surface area contributed by atoms with Crippen LogP contribution in [0.2, 0.25) is 0 Å². The Morgan fingerprint density at radius 2 is 0.547 bits per heavy atom. The highest BCUT2D eigenvalue weighted by Crippen LogP contribution is 2.31. The summed E-state index contributed by atoms with van der Waals surface area (Å²) in [7, 11) is 1.67. The van der Waals surface area contributed by atoms with Crippen molar-refractivity contribution in [1.82, 2.24) is 0 Å². The number of hydrogen-bond donors (Lipinski definition) is 0. The Morgan fingerprint density at radius 3 is 0.797 bits per heavy atom. The lowest BCUT2D eigenvalue weighted by Gasteiger charge is -2.18. The van der Waals surface area contributed by atoms with Gasteiger partial charge < -0.3 is 4.74 Å². The smallest absolute Gasteiger partial charge is 0.118 e. The van der Waals surface area contributed by atoms with Gasteiger partial charge in [-0.15, -0.1) is 0 Å². The zero-order chi connectivity index (χ0) is 45.5. The van der Waals surface area contributed by atoms with E-state index in [9.17, 15) is 0 Å². The van der Waals surface area contributed by atoms with E-state index in [1.54, 1.807) is 7.11 Å². The summed E-state index contributed by atoms with van der Waals surface area (Å²) in [5.41, 5.74) is 13.4. The minimum absolute atomic E-state index is 0.309. The zero-order valence-corrected chi connectivity index (χ0v) is 38.7. The van der Waals surface area contributed by atoms with Crippen molar-refractivity contribution in [2.75, 3.05) is 7.11 Å².